The lowest BCUT2D eigenvalue weighted by molar-refractivity contribution is -0.137. The number of aromatic nitrogens is 2. The highest BCUT2D eigenvalue weighted by Crippen LogP contribution is 2.40. The largest absolute Gasteiger partial charge is 0.493 e. The summed E-state index contributed by atoms with van der Waals surface area (Å²) in [6, 6.07) is 10.5. The van der Waals surface area contributed by atoms with Crippen LogP contribution in [0.2, 0.25) is 0 Å². The van der Waals surface area contributed by atoms with Crippen LogP contribution in [0.4, 0.5) is 24.7 Å². The number of benzene rings is 2. The molecule has 154 valence electrons. The SMILES string of the molecule is COc1ccc(-c2csc3ncnc(Nc4cccc(C(F)(F)F)c4)c23)cc1OC. The van der Waals surface area contributed by atoms with Crippen molar-refractivity contribution >= 4 is 33.1 Å². The van der Waals surface area contributed by atoms with Gasteiger partial charge in [0.2, 0.25) is 0 Å². The molecule has 0 fully saturated rings. The molecule has 30 heavy (non-hydrogen) atoms. The summed E-state index contributed by atoms with van der Waals surface area (Å²) in [5.74, 6) is 1.59. The lowest BCUT2D eigenvalue weighted by atomic mass is 10.1. The molecule has 0 amide bonds. The highest BCUT2D eigenvalue weighted by molar-refractivity contribution is 7.17. The number of halogens is 3. The van der Waals surface area contributed by atoms with E-state index in [0.717, 1.165) is 23.3 Å². The molecule has 0 bridgehead atoms. The fourth-order valence-corrected chi connectivity index (χ4v) is 4.01. The molecule has 0 unspecified atom stereocenters. The fraction of sp³-hybridized carbons (Fsp3) is 0.143. The molecule has 9 heteroatoms. The number of hydrogen-bond acceptors (Lipinski definition) is 6. The van der Waals surface area contributed by atoms with Crippen LogP contribution in [-0.2, 0) is 6.18 Å². The standard InChI is InChI=1S/C21H16F3N3O2S/c1-28-16-7-6-12(8-17(16)29-2)15-10-30-20-18(15)19(25-11-26-20)27-14-5-3-4-13(9-14)21(22,23)24/h3-11H,1-2H3,(H,25,26,27). The normalized spacial score (nSPS) is 11.5. The third-order valence-corrected chi connectivity index (χ3v) is 5.40. The van der Waals surface area contributed by atoms with Crippen LogP contribution in [0.5, 0.6) is 11.5 Å². The third-order valence-electron chi connectivity index (χ3n) is 4.52. The van der Waals surface area contributed by atoms with E-state index in [-0.39, 0.29) is 5.69 Å². The summed E-state index contributed by atoms with van der Waals surface area (Å²) in [5.41, 5.74) is 1.24. The molecule has 0 aliphatic rings. The lowest BCUT2D eigenvalue weighted by Gasteiger charge is -2.12. The molecule has 2 aromatic heterocycles. The number of methoxy groups -OCH3 is 2. The molecule has 5 nitrogen and oxygen atoms in total. The fourth-order valence-electron chi connectivity index (χ4n) is 3.10. The van der Waals surface area contributed by atoms with Gasteiger partial charge in [0.1, 0.15) is 17.0 Å². The van der Waals surface area contributed by atoms with Gasteiger partial charge in [0, 0.05) is 16.6 Å². The van der Waals surface area contributed by atoms with Crippen molar-refractivity contribution in [3.8, 4) is 22.6 Å². The van der Waals surface area contributed by atoms with Crippen molar-refractivity contribution in [2.75, 3.05) is 19.5 Å². The molecular weight excluding hydrogens is 415 g/mol. The van der Waals surface area contributed by atoms with Gasteiger partial charge in [0.25, 0.3) is 0 Å². The van der Waals surface area contributed by atoms with Gasteiger partial charge >= 0.3 is 6.18 Å². The molecular formula is C21H16F3N3O2S. The van der Waals surface area contributed by atoms with Gasteiger partial charge in [0.05, 0.1) is 25.2 Å². The van der Waals surface area contributed by atoms with E-state index in [1.54, 1.807) is 26.4 Å². The first kappa shape index (κ1) is 20.0. The van der Waals surface area contributed by atoms with Crippen molar-refractivity contribution in [2.24, 2.45) is 0 Å². The molecule has 2 heterocycles. The Hall–Kier alpha value is -3.33. The zero-order valence-electron chi connectivity index (χ0n) is 15.9. The topological polar surface area (TPSA) is 56.3 Å². The van der Waals surface area contributed by atoms with Gasteiger partial charge in [-0.05, 0) is 35.9 Å². The molecule has 0 radical (unpaired) electrons. The van der Waals surface area contributed by atoms with E-state index >= 15 is 0 Å². The van der Waals surface area contributed by atoms with Gasteiger partial charge < -0.3 is 14.8 Å². The van der Waals surface area contributed by atoms with Crippen LogP contribution in [0.15, 0.2) is 54.2 Å². The summed E-state index contributed by atoms with van der Waals surface area (Å²) in [6.07, 6.45) is -3.04. The van der Waals surface area contributed by atoms with E-state index in [9.17, 15) is 13.2 Å². The average molecular weight is 431 g/mol. The quantitative estimate of drug-likeness (QED) is 0.411. The van der Waals surface area contributed by atoms with Crippen LogP contribution in [0.3, 0.4) is 0 Å². The zero-order chi connectivity index (χ0) is 21.3. The molecule has 0 saturated heterocycles. The Morgan fingerprint density at radius 2 is 1.77 bits per heavy atom. The van der Waals surface area contributed by atoms with Crippen molar-refractivity contribution in [2.45, 2.75) is 6.18 Å². The number of hydrogen-bond donors (Lipinski definition) is 1. The maximum atomic E-state index is 13.1. The maximum Gasteiger partial charge on any atom is 0.416 e. The third kappa shape index (κ3) is 3.76. The Balaban J connectivity index is 1.79. The van der Waals surface area contributed by atoms with Crippen molar-refractivity contribution in [3.05, 3.63) is 59.7 Å². The number of thiophene rings is 1. The first-order valence-electron chi connectivity index (χ1n) is 8.79. The minimum absolute atomic E-state index is 0.286. The van der Waals surface area contributed by atoms with E-state index in [4.69, 9.17) is 9.47 Å². The minimum Gasteiger partial charge on any atom is -0.493 e. The predicted octanol–water partition coefficient (Wildman–Crippen LogP) is 6.14. The zero-order valence-corrected chi connectivity index (χ0v) is 16.8. The molecule has 0 atom stereocenters. The summed E-state index contributed by atoms with van der Waals surface area (Å²) in [7, 11) is 3.11. The molecule has 0 aliphatic carbocycles. The second-order valence-electron chi connectivity index (χ2n) is 6.33. The number of fused-ring (bicyclic) bond motifs is 1. The van der Waals surface area contributed by atoms with Crippen molar-refractivity contribution < 1.29 is 22.6 Å². The van der Waals surface area contributed by atoms with E-state index in [1.807, 2.05) is 17.5 Å². The Morgan fingerprint density at radius 3 is 2.50 bits per heavy atom. The van der Waals surface area contributed by atoms with Gasteiger partial charge in [-0.2, -0.15) is 13.2 Å². The summed E-state index contributed by atoms with van der Waals surface area (Å²) in [6.45, 7) is 0. The Morgan fingerprint density at radius 1 is 0.967 bits per heavy atom. The summed E-state index contributed by atoms with van der Waals surface area (Å²) < 4.78 is 49.8. The molecule has 2 aromatic carbocycles. The summed E-state index contributed by atoms with van der Waals surface area (Å²) >= 11 is 1.42. The maximum absolute atomic E-state index is 13.1. The molecule has 0 saturated carbocycles. The van der Waals surface area contributed by atoms with Gasteiger partial charge in [-0.1, -0.05) is 12.1 Å². The van der Waals surface area contributed by atoms with E-state index in [0.29, 0.717) is 27.5 Å². The number of ether oxygens (including phenoxy) is 2. The second-order valence-corrected chi connectivity index (χ2v) is 7.18. The lowest BCUT2D eigenvalue weighted by Crippen LogP contribution is -2.05. The van der Waals surface area contributed by atoms with Crippen LogP contribution in [0.25, 0.3) is 21.3 Å². The van der Waals surface area contributed by atoms with Gasteiger partial charge in [-0.15, -0.1) is 11.3 Å². The van der Waals surface area contributed by atoms with Gasteiger partial charge in [-0.3, -0.25) is 0 Å². The molecule has 4 aromatic rings. The first-order chi connectivity index (χ1) is 14.4. The number of alkyl halides is 3. The van der Waals surface area contributed by atoms with E-state index in [1.165, 1.54) is 23.7 Å². The van der Waals surface area contributed by atoms with Crippen LogP contribution < -0.4 is 14.8 Å². The second kappa shape index (κ2) is 7.83. The number of nitrogens with zero attached hydrogens (tertiary/aromatic N) is 2. The van der Waals surface area contributed by atoms with E-state index in [2.05, 4.69) is 15.3 Å². The molecule has 4 rings (SSSR count). The number of rotatable bonds is 5. The van der Waals surface area contributed by atoms with Crippen LogP contribution >= 0.6 is 11.3 Å². The minimum atomic E-state index is -4.42. The van der Waals surface area contributed by atoms with Crippen molar-refractivity contribution in [3.63, 3.8) is 0 Å². The van der Waals surface area contributed by atoms with Crippen molar-refractivity contribution in [1.29, 1.82) is 0 Å². The smallest absolute Gasteiger partial charge is 0.416 e. The Labute approximate surface area is 174 Å². The Kier molecular flexibility index (Phi) is 5.21. The monoisotopic (exact) mass is 431 g/mol. The summed E-state index contributed by atoms with van der Waals surface area (Å²) in [5, 5.41) is 5.65. The van der Waals surface area contributed by atoms with E-state index < -0.39 is 11.7 Å². The Bertz CT molecular complexity index is 1210. The van der Waals surface area contributed by atoms with Crippen LogP contribution in [-0.4, -0.2) is 24.2 Å². The van der Waals surface area contributed by atoms with Gasteiger partial charge in [-0.25, -0.2) is 9.97 Å². The highest BCUT2D eigenvalue weighted by atomic mass is 32.1. The predicted molar refractivity (Wildman–Crippen MR) is 111 cm³/mol. The first-order valence-corrected chi connectivity index (χ1v) is 9.67. The van der Waals surface area contributed by atoms with Gasteiger partial charge in [0.15, 0.2) is 11.5 Å². The molecule has 0 spiro atoms. The van der Waals surface area contributed by atoms with Crippen molar-refractivity contribution in [1.82, 2.24) is 9.97 Å². The highest BCUT2D eigenvalue weighted by Gasteiger charge is 2.30. The number of nitrogens with one attached hydrogen (secondary N) is 1. The molecule has 0 aliphatic heterocycles. The number of anilines is 2. The van der Waals surface area contributed by atoms with Crippen LogP contribution in [0, 0.1) is 0 Å². The summed E-state index contributed by atoms with van der Waals surface area (Å²) in [4.78, 5) is 9.28. The molecule has 1 N–H and O–H groups in total. The average Bonchev–Trinajstić information content (AvgIpc) is 3.18. The van der Waals surface area contributed by atoms with Crippen LogP contribution in [0.1, 0.15) is 5.56 Å².